The van der Waals surface area contributed by atoms with Gasteiger partial charge in [-0.2, -0.15) is 18.2 Å². The van der Waals surface area contributed by atoms with Gasteiger partial charge in [0.05, 0.1) is 5.56 Å². The van der Waals surface area contributed by atoms with Gasteiger partial charge in [-0.25, -0.2) is 9.78 Å². The van der Waals surface area contributed by atoms with Crippen molar-refractivity contribution in [3.8, 4) is 0 Å². The third kappa shape index (κ3) is 5.60. The molecule has 1 heterocycles. The first-order chi connectivity index (χ1) is 11.8. The van der Waals surface area contributed by atoms with Crippen molar-refractivity contribution < 1.29 is 18.0 Å². The summed E-state index contributed by atoms with van der Waals surface area (Å²) in [6, 6.07) is 5.23. The molecule has 0 atom stereocenters. The Morgan fingerprint density at radius 3 is 2.64 bits per heavy atom. The SMILES string of the molecule is Cc1cc(NCCN)nc(NC(=O)Nc2cccc(C(F)(F)F)c2)n1. The fraction of sp³-hybridized carbons (Fsp3) is 0.267. The van der Waals surface area contributed by atoms with E-state index in [4.69, 9.17) is 5.73 Å². The largest absolute Gasteiger partial charge is 0.416 e. The predicted octanol–water partition coefficient (Wildman–Crippen LogP) is 2.82. The second kappa shape index (κ2) is 7.79. The van der Waals surface area contributed by atoms with Crippen LogP contribution in [0, 0.1) is 6.92 Å². The highest BCUT2D eigenvalue weighted by molar-refractivity contribution is 5.98. The fourth-order valence-corrected chi connectivity index (χ4v) is 1.95. The van der Waals surface area contributed by atoms with E-state index in [1.54, 1.807) is 13.0 Å². The Bertz CT molecular complexity index is 750. The van der Waals surface area contributed by atoms with Crippen LogP contribution in [-0.2, 0) is 6.18 Å². The summed E-state index contributed by atoms with van der Waals surface area (Å²) in [4.78, 5) is 20.1. The van der Waals surface area contributed by atoms with Gasteiger partial charge in [-0.05, 0) is 25.1 Å². The maximum atomic E-state index is 12.7. The maximum Gasteiger partial charge on any atom is 0.416 e. The summed E-state index contributed by atoms with van der Waals surface area (Å²) in [5, 5.41) is 7.65. The van der Waals surface area contributed by atoms with E-state index < -0.39 is 17.8 Å². The van der Waals surface area contributed by atoms with Crippen molar-refractivity contribution in [3.63, 3.8) is 0 Å². The van der Waals surface area contributed by atoms with Crippen LogP contribution < -0.4 is 21.7 Å². The lowest BCUT2D eigenvalue weighted by molar-refractivity contribution is -0.137. The zero-order chi connectivity index (χ0) is 18.4. The summed E-state index contributed by atoms with van der Waals surface area (Å²) in [7, 11) is 0. The fourth-order valence-electron chi connectivity index (χ4n) is 1.95. The minimum atomic E-state index is -4.49. The Morgan fingerprint density at radius 2 is 1.96 bits per heavy atom. The molecule has 0 bridgehead atoms. The van der Waals surface area contributed by atoms with Crippen molar-refractivity contribution in [1.82, 2.24) is 9.97 Å². The minimum Gasteiger partial charge on any atom is -0.369 e. The summed E-state index contributed by atoms with van der Waals surface area (Å²) in [5.41, 5.74) is 5.14. The average molecular weight is 354 g/mol. The summed E-state index contributed by atoms with van der Waals surface area (Å²) in [6.45, 7) is 2.61. The van der Waals surface area contributed by atoms with Crippen LogP contribution in [0.2, 0.25) is 0 Å². The van der Waals surface area contributed by atoms with Gasteiger partial charge in [0.15, 0.2) is 0 Å². The molecular weight excluding hydrogens is 337 g/mol. The lowest BCUT2D eigenvalue weighted by Gasteiger charge is -2.11. The van der Waals surface area contributed by atoms with Crippen LogP contribution in [0.15, 0.2) is 30.3 Å². The number of nitrogens with two attached hydrogens (primary N) is 1. The van der Waals surface area contributed by atoms with Gasteiger partial charge in [-0.15, -0.1) is 0 Å². The molecule has 0 aliphatic rings. The smallest absolute Gasteiger partial charge is 0.369 e. The Morgan fingerprint density at radius 1 is 1.20 bits per heavy atom. The molecule has 0 spiro atoms. The number of nitrogens with zero attached hydrogens (tertiary/aromatic N) is 2. The van der Waals surface area contributed by atoms with Crippen molar-refractivity contribution in [2.75, 3.05) is 29.0 Å². The van der Waals surface area contributed by atoms with Crippen molar-refractivity contribution in [2.24, 2.45) is 5.73 Å². The Hall–Kier alpha value is -2.88. The van der Waals surface area contributed by atoms with Crippen molar-refractivity contribution in [1.29, 1.82) is 0 Å². The Labute approximate surface area is 141 Å². The molecule has 0 unspecified atom stereocenters. The lowest BCUT2D eigenvalue weighted by atomic mass is 10.2. The highest BCUT2D eigenvalue weighted by Gasteiger charge is 2.30. The van der Waals surface area contributed by atoms with E-state index in [1.165, 1.54) is 12.1 Å². The van der Waals surface area contributed by atoms with Gasteiger partial charge in [0, 0.05) is 30.5 Å². The second-order valence-corrected chi connectivity index (χ2v) is 5.09. The number of benzene rings is 1. The van der Waals surface area contributed by atoms with Crippen LogP contribution in [-0.4, -0.2) is 29.1 Å². The third-order valence-corrected chi connectivity index (χ3v) is 2.98. The molecule has 0 saturated carbocycles. The molecule has 2 aromatic rings. The number of aromatic nitrogens is 2. The van der Waals surface area contributed by atoms with E-state index in [-0.39, 0.29) is 11.6 Å². The Kier molecular flexibility index (Phi) is 5.75. The number of hydrogen-bond acceptors (Lipinski definition) is 5. The molecule has 1 aromatic carbocycles. The quantitative estimate of drug-likeness (QED) is 0.661. The highest BCUT2D eigenvalue weighted by atomic mass is 19.4. The zero-order valence-corrected chi connectivity index (χ0v) is 13.3. The maximum absolute atomic E-state index is 12.7. The monoisotopic (exact) mass is 354 g/mol. The number of hydrogen-bond donors (Lipinski definition) is 4. The first kappa shape index (κ1) is 18.5. The number of carbonyl (C=O) groups excluding carboxylic acids is 1. The van der Waals surface area contributed by atoms with Crippen molar-refractivity contribution >= 4 is 23.5 Å². The number of halogens is 3. The predicted molar refractivity (Wildman–Crippen MR) is 88.4 cm³/mol. The number of nitrogens with one attached hydrogen (secondary N) is 3. The van der Waals surface area contributed by atoms with E-state index in [0.717, 1.165) is 12.1 Å². The summed E-state index contributed by atoms with van der Waals surface area (Å²) >= 11 is 0. The molecule has 0 aliphatic heterocycles. The first-order valence-electron chi connectivity index (χ1n) is 7.33. The number of alkyl halides is 3. The summed E-state index contributed by atoms with van der Waals surface area (Å²) in [6.07, 6.45) is -4.49. The summed E-state index contributed by atoms with van der Waals surface area (Å²) in [5.74, 6) is 0.497. The van der Waals surface area contributed by atoms with Crippen LogP contribution in [0.3, 0.4) is 0 Å². The average Bonchev–Trinajstić information content (AvgIpc) is 2.51. The molecule has 2 rings (SSSR count). The molecule has 0 saturated heterocycles. The van der Waals surface area contributed by atoms with Gasteiger partial charge in [-0.3, -0.25) is 5.32 Å². The summed E-state index contributed by atoms with van der Waals surface area (Å²) < 4.78 is 38.0. The van der Waals surface area contributed by atoms with Crippen molar-refractivity contribution in [2.45, 2.75) is 13.1 Å². The number of anilines is 3. The molecule has 5 N–H and O–H groups in total. The van der Waals surface area contributed by atoms with E-state index in [0.29, 0.717) is 24.6 Å². The molecule has 0 aliphatic carbocycles. The molecule has 0 radical (unpaired) electrons. The molecule has 25 heavy (non-hydrogen) atoms. The Balaban J connectivity index is 2.06. The van der Waals surface area contributed by atoms with Crippen LogP contribution in [0.5, 0.6) is 0 Å². The van der Waals surface area contributed by atoms with Gasteiger partial charge in [0.1, 0.15) is 5.82 Å². The van der Waals surface area contributed by atoms with Crippen LogP contribution in [0.4, 0.5) is 35.4 Å². The molecule has 1 aromatic heterocycles. The normalized spacial score (nSPS) is 11.1. The van der Waals surface area contributed by atoms with Crippen LogP contribution in [0.1, 0.15) is 11.3 Å². The molecule has 0 fully saturated rings. The first-order valence-corrected chi connectivity index (χ1v) is 7.33. The van der Waals surface area contributed by atoms with Crippen molar-refractivity contribution in [3.05, 3.63) is 41.6 Å². The lowest BCUT2D eigenvalue weighted by Crippen LogP contribution is -2.22. The number of aryl methyl sites for hydroxylation is 1. The molecule has 7 nitrogen and oxygen atoms in total. The van der Waals surface area contributed by atoms with E-state index in [9.17, 15) is 18.0 Å². The molecular formula is C15H17F3N6O. The number of rotatable bonds is 5. The van der Waals surface area contributed by atoms with Gasteiger partial charge in [-0.1, -0.05) is 6.07 Å². The highest BCUT2D eigenvalue weighted by Crippen LogP contribution is 2.30. The van der Waals surface area contributed by atoms with E-state index >= 15 is 0 Å². The van der Waals surface area contributed by atoms with Gasteiger partial charge in [0.2, 0.25) is 5.95 Å². The minimum absolute atomic E-state index is 0.00135. The van der Waals surface area contributed by atoms with Gasteiger partial charge >= 0.3 is 12.2 Å². The van der Waals surface area contributed by atoms with Gasteiger partial charge < -0.3 is 16.4 Å². The number of carbonyl (C=O) groups is 1. The number of amides is 2. The van der Waals surface area contributed by atoms with E-state index in [1.807, 2.05) is 0 Å². The molecule has 10 heteroatoms. The zero-order valence-electron chi connectivity index (χ0n) is 13.3. The standard InChI is InChI=1S/C15H17F3N6O/c1-9-7-12(20-6-5-19)23-13(21-9)24-14(25)22-11-4-2-3-10(8-11)15(16,17)18/h2-4,7-8H,5-6,19H2,1H3,(H3,20,21,22,23,24,25). The van der Waals surface area contributed by atoms with Gasteiger partial charge in [0.25, 0.3) is 0 Å². The third-order valence-electron chi connectivity index (χ3n) is 2.98. The van der Waals surface area contributed by atoms with Crippen LogP contribution >= 0.6 is 0 Å². The number of urea groups is 1. The topological polar surface area (TPSA) is 105 Å². The second-order valence-electron chi connectivity index (χ2n) is 5.09. The molecule has 2 amide bonds. The van der Waals surface area contributed by atoms with E-state index in [2.05, 4.69) is 25.9 Å². The van der Waals surface area contributed by atoms with Crippen LogP contribution in [0.25, 0.3) is 0 Å². The molecule has 134 valence electrons.